The van der Waals surface area contributed by atoms with Gasteiger partial charge in [-0.25, -0.2) is 9.37 Å². The maximum absolute atomic E-state index is 13.3. The molecule has 4 heteroatoms. The summed E-state index contributed by atoms with van der Waals surface area (Å²) in [6, 6.07) is 9.85. The maximum atomic E-state index is 13.3. The van der Waals surface area contributed by atoms with E-state index in [-0.39, 0.29) is 17.6 Å². The molecule has 0 unspecified atom stereocenters. The monoisotopic (exact) mass is 237 g/mol. The predicted octanol–water partition coefficient (Wildman–Crippen LogP) is 3.45. The summed E-state index contributed by atoms with van der Waals surface area (Å²) in [6.07, 6.45) is 1.57. The van der Waals surface area contributed by atoms with E-state index in [1.807, 2.05) is 0 Å². The molecule has 1 aromatic heterocycles. The fraction of sp³-hybridized carbons (Fsp3) is 0.0833. The molecule has 16 heavy (non-hydrogen) atoms. The first-order valence-corrected chi connectivity index (χ1v) is 5.12. The number of benzene rings is 1. The van der Waals surface area contributed by atoms with Crippen molar-refractivity contribution in [2.75, 3.05) is 0 Å². The Labute approximate surface area is 97.7 Å². The molecule has 0 atom stereocenters. The van der Waals surface area contributed by atoms with Crippen LogP contribution in [0.25, 0.3) is 0 Å². The van der Waals surface area contributed by atoms with E-state index in [1.54, 1.807) is 36.5 Å². The van der Waals surface area contributed by atoms with E-state index < -0.39 is 0 Å². The number of nitrogens with zero attached hydrogens (tertiary/aromatic N) is 1. The summed E-state index contributed by atoms with van der Waals surface area (Å²) < 4.78 is 18.6. The van der Waals surface area contributed by atoms with Crippen LogP contribution in [0.15, 0.2) is 42.6 Å². The molecule has 1 heterocycles. The van der Waals surface area contributed by atoms with Crippen LogP contribution in [0.1, 0.15) is 5.56 Å². The van der Waals surface area contributed by atoms with E-state index in [0.717, 1.165) is 0 Å². The van der Waals surface area contributed by atoms with Gasteiger partial charge in [0.15, 0.2) is 10.9 Å². The summed E-state index contributed by atoms with van der Waals surface area (Å²) >= 11 is 5.80. The molecule has 0 radical (unpaired) electrons. The van der Waals surface area contributed by atoms with E-state index in [2.05, 4.69) is 4.98 Å². The van der Waals surface area contributed by atoms with Crippen LogP contribution < -0.4 is 4.74 Å². The van der Waals surface area contributed by atoms with Gasteiger partial charge in [0.25, 0.3) is 0 Å². The zero-order chi connectivity index (χ0) is 11.4. The van der Waals surface area contributed by atoms with Crippen molar-refractivity contribution in [3.63, 3.8) is 0 Å². The van der Waals surface area contributed by atoms with Gasteiger partial charge in [-0.15, -0.1) is 0 Å². The fourth-order valence-corrected chi connectivity index (χ4v) is 1.42. The summed E-state index contributed by atoms with van der Waals surface area (Å²) in [5.74, 6) is 0.162. The van der Waals surface area contributed by atoms with Crippen molar-refractivity contribution in [1.29, 1.82) is 0 Å². The molecule has 0 spiro atoms. The van der Waals surface area contributed by atoms with Crippen LogP contribution in [-0.2, 0) is 6.61 Å². The summed E-state index contributed by atoms with van der Waals surface area (Å²) in [5, 5.41) is 0.277. The first-order chi connectivity index (χ1) is 7.77. The number of hydrogen-bond donors (Lipinski definition) is 0. The van der Waals surface area contributed by atoms with Crippen LogP contribution in [0.2, 0.25) is 5.15 Å². The van der Waals surface area contributed by atoms with E-state index in [1.165, 1.54) is 6.07 Å². The highest BCUT2D eigenvalue weighted by Crippen LogP contribution is 2.21. The Hall–Kier alpha value is -1.61. The third kappa shape index (κ3) is 2.49. The van der Waals surface area contributed by atoms with Crippen molar-refractivity contribution in [2.45, 2.75) is 6.61 Å². The zero-order valence-corrected chi connectivity index (χ0v) is 9.12. The Bertz CT molecular complexity index is 444. The average molecular weight is 238 g/mol. The van der Waals surface area contributed by atoms with Gasteiger partial charge in [-0.2, -0.15) is 0 Å². The van der Waals surface area contributed by atoms with Crippen molar-refractivity contribution in [3.8, 4) is 5.75 Å². The van der Waals surface area contributed by atoms with Crippen LogP contribution in [0.4, 0.5) is 4.39 Å². The predicted molar refractivity (Wildman–Crippen MR) is 60.0 cm³/mol. The van der Waals surface area contributed by atoms with Crippen molar-refractivity contribution in [1.82, 2.24) is 4.98 Å². The first-order valence-electron chi connectivity index (χ1n) is 4.74. The van der Waals surface area contributed by atoms with Crippen molar-refractivity contribution >= 4 is 11.6 Å². The Balaban J connectivity index is 2.09. The van der Waals surface area contributed by atoms with Crippen molar-refractivity contribution in [2.24, 2.45) is 0 Å². The molecular weight excluding hydrogens is 229 g/mol. The highest BCUT2D eigenvalue weighted by molar-refractivity contribution is 6.30. The van der Waals surface area contributed by atoms with Crippen LogP contribution in [0.5, 0.6) is 5.75 Å². The van der Waals surface area contributed by atoms with Gasteiger partial charge < -0.3 is 4.74 Å². The Morgan fingerprint density at radius 2 is 2.00 bits per heavy atom. The lowest BCUT2D eigenvalue weighted by atomic mass is 10.2. The normalized spacial score (nSPS) is 10.1. The molecule has 82 valence electrons. The highest BCUT2D eigenvalue weighted by Gasteiger charge is 2.04. The second-order valence-electron chi connectivity index (χ2n) is 3.17. The van der Waals surface area contributed by atoms with Crippen LogP contribution in [0, 0.1) is 5.82 Å². The van der Waals surface area contributed by atoms with Crippen molar-refractivity contribution in [3.05, 3.63) is 59.1 Å². The van der Waals surface area contributed by atoms with Gasteiger partial charge in [0.1, 0.15) is 12.4 Å². The quantitative estimate of drug-likeness (QED) is 0.763. The minimum Gasteiger partial charge on any atom is -0.486 e. The molecule has 0 fully saturated rings. The van der Waals surface area contributed by atoms with Gasteiger partial charge in [0.2, 0.25) is 0 Å². The number of pyridine rings is 1. The highest BCUT2D eigenvalue weighted by atomic mass is 35.5. The molecule has 2 aromatic rings. The van der Waals surface area contributed by atoms with E-state index in [0.29, 0.717) is 11.3 Å². The van der Waals surface area contributed by atoms with Crippen LogP contribution in [-0.4, -0.2) is 4.98 Å². The molecule has 0 amide bonds. The smallest absolute Gasteiger partial charge is 0.171 e. The Kier molecular flexibility index (Phi) is 3.37. The Morgan fingerprint density at radius 3 is 2.75 bits per heavy atom. The molecule has 2 nitrogen and oxygen atoms in total. The lowest BCUT2D eigenvalue weighted by Crippen LogP contribution is -1.98. The van der Waals surface area contributed by atoms with Gasteiger partial charge in [0, 0.05) is 11.8 Å². The number of hydrogen-bond acceptors (Lipinski definition) is 2. The largest absolute Gasteiger partial charge is 0.486 e. The summed E-state index contributed by atoms with van der Waals surface area (Å²) in [5.41, 5.74) is 0.488. The number of ether oxygens (including phenoxy) is 1. The van der Waals surface area contributed by atoms with Gasteiger partial charge in [-0.3, -0.25) is 0 Å². The van der Waals surface area contributed by atoms with Crippen molar-refractivity contribution < 1.29 is 9.13 Å². The molecule has 0 aliphatic carbocycles. The minimum absolute atomic E-state index is 0.137. The second kappa shape index (κ2) is 4.94. The van der Waals surface area contributed by atoms with Gasteiger partial charge >= 0.3 is 0 Å². The first kappa shape index (κ1) is 10.9. The SMILES string of the molecule is Fc1ccccc1COc1cccnc1Cl. The standard InChI is InChI=1S/C12H9ClFNO/c13-12-11(6-3-7-15-12)16-8-9-4-1-2-5-10(9)14/h1-7H,8H2. The van der Waals surface area contributed by atoms with E-state index in [4.69, 9.17) is 16.3 Å². The summed E-state index contributed by atoms with van der Waals surface area (Å²) in [7, 11) is 0. The lowest BCUT2D eigenvalue weighted by molar-refractivity contribution is 0.299. The number of rotatable bonds is 3. The Morgan fingerprint density at radius 1 is 1.19 bits per heavy atom. The van der Waals surface area contributed by atoms with Gasteiger partial charge in [0.05, 0.1) is 0 Å². The molecule has 1 aromatic carbocycles. The summed E-state index contributed by atoms with van der Waals surface area (Å²) in [6.45, 7) is 0.137. The van der Waals surface area contributed by atoms with Gasteiger partial charge in [-0.05, 0) is 18.2 Å². The minimum atomic E-state index is -0.289. The molecule has 0 N–H and O–H groups in total. The number of halogens is 2. The third-order valence-electron chi connectivity index (χ3n) is 2.07. The van der Waals surface area contributed by atoms with Crippen LogP contribution in [0.3, 0.4) is 0 Å². The molecule has 0 aliphatic rings. The topological polar surface area (TPSA) is 22.1 Å². The zero-order valence-electron chi connectivity index (χ0n) is 8.36. The second-order valence-corrected chi connectivity index (χ2v) is 3.53. The maximum Gasteiger partial charge on any atom is 0.171 e. The van der Waals surface area contributed by atoms with Crippen LogP contribution >= 0.6 is 11.6 Å². The molecule has 0 aliphatic heterocycles. The molecular formula is C12H9ClFNO. The fourth-order valence-electron chi connectivity index (χ4n) is 1.25. The lowest BCUT2D eigenvalue weighted by Gasteiger charge is -2.07. The average Bonchev–Trinajstić information content (AvgIpc) is 2.30. The number of aromatic nitrogens is 1. The third-order valence-corrected chi connectivity index (χ3v) is 2.35. The molecule has 0 saturated carbocycles. The summed E-state index contributed by atoms with van der Waals surface area (Å²) in [4.78, 5) is 3.86. The van der Waals surface area contributed by atoms with E-state index in [9.17, 15) is 4.39 Å². The molecule has 0 bridgehead atoms. The van der Waals surface area contributed by atoms with Gasteiger partial charge in [-0.1, -0.05) is 29.8 Å². The van der Waals surface area contributed by atoms with E-state index >= 15 is 0 Å². The molecule has 2 rings (SSSR count). The molecule has 0 saturated heterocycles.